The maximum Gasteiger partial charge on any atom is 0.332 e. The predicted octanol–water partition coefficient (Wildman–Crippen LogP) is 1.87. The predicted molar refractivity (Wildman–Crippen MR) is 121 cm³/mol. The fraction of sp³-hybridized carbons (Fsp3) is 0.500. The number of ether oxygens (including phenoxy) is 1. The van der Waals surface area contributed by atoms with Gasteiger partial charge in [-0.15, -0.1) is 0 Å². The first kappa shape index (κ1) is 22.6. The van der Waals surface area contributed by atoms with Crippen LogP contribution in [0.4, 0.5) is 5.95 Å². The zero-order valence-corrected chi connectivity index (χ0v) is 18.4. The molecule has 2 N–H and O–H groups in total. The van der Waals surface area contributed by atoms with Crippen LogP contribution in [0.15, 0.2) is 39.9 Å². The molecule has 0 bridgehead atoms. The van der Waals surface area contributed by atoms with Crippen molar-refractivity contribution in [3.8, 4) is 5.75 Å². The van der Waals surface area contributed by atoms with Gasteiger partial charge in [0.1, 0.15) is 18.5 Å². The lowest BCUT2D eigenvalue weighted by molar-refractivity contribution is 0.0938. The van der Waals surface area contributed by atoms with E-state index in [1.54, 1.807) is 11.6 Å². The SMILES string of the molecule is CCCCCCNc1nc2c(c(=O)n(C)c(=O)n2C)n1C[C@H](O)COc1ccccc1. The van der Waals surface area contributed by atoms with Crippen molar-refractivity contribution in [3.05, 3.63) is 51.2 Å². The zero-order valence-electron chi connectivity index (χ0n) is 18.4. The summed E-state index contributed by atoms with van der Waals surface area (Å²) in [7, 11) is 3.02. The number of aryl methyl sites for hydroxylation is 1. The minimum atomic E-state index is -0.875. The molecule has 3 rings (SSSR count). The molecule has 0 aliphatic heterocycles. The van der Waals surface area contributed by atoms with Crippen molar-refractivity contribution in [2.75, 3.05) is 18.5 Å². The van der Waals surface area contributed by atoms with Crippen LogP contribution in [-0.2, 0) is 20.6 Å². The van der Waals surface area contributed by atoms with E-state index >= 15 is 0 Å². The number of hydrogen-bond acceptors (Lipinski definition) is 6. The van der Waals surface area contributed by atoms with Crippen LogP contribution < -0.4 is 21.3 Å². The van der Waals surface area contributed by atoms with Crippen molar-refractivity contribution in [1.82, 2.24) is 18.7 Å². The van der Waals surface area contributed by atoms with Gasteiger partial charge in [0.25, 0.3) is 5.56 Å². The Hall–Kier alpha value is -3.07. The van der Waals surface area contributed by atoms with E-state index in [4.69, 9.17) is 4.74 Å². The van der Waals surface area contributed by atoms with Crippen molar-refractivity contribution < 1.29 is 9.84 Å². The molecule has 1 atom stereocenters. The number of aliphatic hydroxyl groups is 1. The van der Waals surface area contributed by atoms with Crippen LogP contribution in [0.3, 0.4) is 0 Å². The Labute approximate surface area is 180 Å². The number of anilines is 1. The Morgan fingerprint density at radius 1 is 1.10 bits per heavy atom. The number of benzene rings is 1. The van der Waals surface area contributed by atoms with Crippen LogP contribution >= 0.6 is 0 Å². The number of nitrogens with zero attached hydrogens (tertiary/aromatic N) is 4. The summed E-state index contributed by atoms with van der Waals surface area (Å²) in [5.74, 6) is 1.12. The Morgan fingerprint density at radius 2 is 1.84 bits per heavy atom. The summed E-state index contributed by atoms with van der Waals surface area (Å²) in [6.07, 6.45) is 3.48. The lowest BCUT2D eigenvalue weighted by Crippen LogP contribution is -2.38. The smallest absolute Gasteiger partial charge is 0.332 e. The molecule has 31 heavy (non-hydrogen) atoms. The van der Waals surface area contributed by atoms with Crippen molar-refractivity contribution in [3.63, 3.8) is 0 Å². The number of fused-ring (bicyclic) bond motifs is 1. The lowest BCUT2D eigenvalue weighted by atomic mass is 10.2. The van der Waals surface area contributed by atoms with E-state index in [1.807, 2.05) is 30.3 Å². The molecule has 0 saturated carbocycles. The summed E-state index contributed by atoms with van der Waals surface area (Å²) in [6, 6.07) is 9.23. The fourth-order valence-corrected chi connectivity index (χ4v) is 3.48. The maximum absolute atomic E-state index is 12.9. The van der Waals surface area contributed by atoms with Gasteiger partial charge in [0.15, 0.2) is 11.2 Å². The highest BCUT2D eigenvalue weighted by molar-refractivity contribution is 5.74. The van der Waals surface area contributed by atoms with Gasteiger partial charge in [-0.2, -0.15) is 4.98 Å². The van der Waals surface area contributed by atoms with Gasteiger partial charge in [0.2, 0.25) is 5.95 Å². The molecule has 0 aliphatic rings. The Bertz CT molecular complexity index is 1120. The second-order valence-electron chi connectivity index (χ2n) is 7.69. The number of para-hydroxylation sites is 1. The average Bonchev–Trinajstić information content (AvgIpc) is 3.13. The molecule has 2 aromatic heterocycles. The number of aliphatic hydroxyl groups excluding tert-OH is 1. The van der Waals surface area contributed by atoms with Crippen LogP contribution in [-0.4, -0.2) is 43.0 Å². The third kappa shape index (κ3) is 5.16. The normalized spacial score (nSPS) is 12.3. The largest absolute Gasteiger partial charge is 0.491 e. The van der Waals surface area contributed by atoms with E-state index in [2.05, 4.69) is 17.2 Å². The molecule has 0 spiro atoms. The van der Waals surface area contributed by atoms with Crippen molar-refractivity contribution >= 4 is 17.1 Å². The summed E-state index contributed by atoms with van der Waals surface area (Å²) < 4.78 is 9.70. The molecule has 0 unspecified atom stereocenters. The molecule has 0 amide bonds. The van der Waals surface area contributed by atoms with Crippen LogP contribution in [0.25, 0.3) is 11.2 Å². The second-order valence-corrected chi connectivity index (χ2v) is 7.69. The minimum absolute atomic E-state index is 0.0612. The van der Waals surface area contributed by atoms with Gasteiger partial charge in [-0.3, -0.25) is 13.9 Å². The quantitative estimate of drug-likeness (QED) is 0.451. The van der Waals surface area contributed by atoms with E-state index in [-0.39, 0.29) is 18.7 Å². The van der Waals surface area contributed by atoms with Gasteiger partial charge >= 0.3 is 5.69 Å². The van der Waals surface area contributed by atoms with E-state index in [1.165, 1.54) is 11.6 Å². The molecule has 0 aliphatic carbocycles. The lowest BCUT2D eigenvalue weighted by Gasteiger charge is -2.16. The number of hydrogen-bond donors (Lipinski definition) is 2. The van der Waals surface area contributed by atoms with Crippen LogP contribution in [0.2, 0.25) is 0 Å². The van der Waals surface area contributed by atoms with Crippen molar-refractivity contribution in [1.29, 1.82) is 0 Å². The molecular formula is C22H31N5O4. The molecule has 0 fully saturated rings. The first-order valence-electron chi connectivity index (χ1n) is 10.7. The van der Waals surface area contributed by atoms with Gasteiger partial charge in [-0.25, -0.2) is 4.79 Å². The topological polar surface area (TPSA) is 103 Å². The first-order valence-corrected chi connectivity index (χ1v) is 10.7. The summed E-state index contributed by atoms with van der Waals surface area (Å²) in [5.41, 5.74) is -0.315. The Morgan fingerprint density at radius 3 is 2.55 bits per heavy atom. The highest BCUT2D eigenvalue weighted by Crippen LogP contribution is 2.17. The fourth-order valence-electron chi connectivity index (χ4n) is 3.48. The monoisotopic (exact) mass is 429 g/mol. The summed E-state index contributed by atoms with van der Waals surface area (Å²) in [6.45, 7) is 3.01. The van der Waals surface area contributed by atoms with Crippen LogP contribution in [0.5, 0.6) is 5.75 Å². The molecular weight excluding hydrogens is 398 g/mol. The Kier molecular flexibility index (Phi) is 7.51. The van der Waals surface area contributed by atoms with E-state index in [0.29, 0.717) is 23.9 Å². The van der Waals surface area contributed by atoms with Gasteiger partial charge < -0.3 is 19.7 Å². The standard InChI is InChI=1S/C22H31N5O4/c1-4-5-6-10-13-23-21-24-19-18(20(29)26(3)22(30)25(19)2)27(21)14-16(28)15-31-17-11-8-7-9-12-17/h7-9,11-12,16,28H,4-6,10,13-15H2,1-3H3,(H,23,24)/t16-/m0/s1. The summed E-state index contributed by atoms with van der Waals surface area (Å²) in [5, 5.41) is 13.9. The van der Waals surface area contributed by atoms with Gasteiger partial charge in [-0.1, -0.05) is 44.4 Å². The molecule has 1 aromatic carbocycles. The molecule has 2 heterocycles. The van der Waals surface area contributed by atoms with E-state index in [0.717, 1.165) is 30.3 Å². The third-order valence-electron chi connectivity index (χ3n) is 5.24. The zero-order chi connectivity index (χ0) is 22.4. The number of rotatable bonds is 11. The van der Waals surface area contributed by atoms with Gasteiger partial charge in [0, 0.05) is 20.6 Å². The second kappa shape index (κ2) is 10.3. The number of unbranched alkanes of at least 4 members (excludes halogenated alkanes) is 3. The molecule has 9 nitrogen and oxygen atoms in total. The van der Waals surface area contributed by atoms with Crippen molar-refractivity contribution in [2.45, 2.75) is 45.3 Å². The molecule has 0 radical (unpaired) electrons. The van der Waals surface area contributed by atoms with Gasteiger partial charge in [-0.05, 0) is 18.6 Å². The molecule has 3 aromatic rings. The number of imidazole rings is 1. The number of aromatic nitrogens is 4. The van der Waals surface area contributed by atoms with Crippen LogP contribution in [0, 0.1) is 0 Å². The highest BCUT2D eigenvalue weighted by Gasteiger charge is 2.21. The molecule has 9 heteroatoms. The maximum atomic E-state index is 12.9. The summed E-state index contributed by atoms with van der Waals surface area (Å²) in [4.78, 5) is 29.7. The average molecular weight is 430 g/mol. The first-order chi connectivity index (χ1) is 14.9. The number of nitrogens with one attached hydrogen (secondary N) is 1. The molecule has 168 valence electrons. The van der Waals surface area contributed by atoms with E-state index in [9.17, 15) is 14.7 Å². The van der Waals surface area contributed by atoms with E-state index < -0.39 is 17.4 Å². The third-order valence-corrected chi connectivity index (χ3v) is 5.24. The highest BCUT2D eigenvalue weighted by atomic mass is 16.5. The Balaban J connectivity index is 1.87. The van der Waals surface area contributed by atoms with Crippen LogP contribution in [0.1, 0.15) is 32.6 Å². The van der Waals surface area contributed by atoms with Crippen molar-refractivity contribution in [2.24, 2.45) is 14.1 Å². The molecule has 0 saturated heterocycles. The summed E-state index contributed by atoms with van der Waals surface area (Å²) >= 11 is 0. The minimum Gasteiger partial charge on any atom is -0.491 e. The van der Waals surface area contributed by atoms with Gasteiger partial charge in [0.05, 0.1) is 6.54 Å².